The van der Waals surface area contributed by atoms with Gasteiger partial charge in [0.15, 0.2) is 0 Å². The largest absolute Gasteiger partial charge is 0.365 e. The van der Waals surface area contributed by atoms with Crippen molar-refractivity contribution in [1.29, 1.82) is 0 Å². The average Bonchev–Trinajstić information content (AvgIpc) is 2.60. The maximum Gasteiger partial charge on any atom is 0.0515 e. The molecule has 0 saturated carbocycles. The van der Waals surface area contributed by atoms with Gasteiger partial charge in [-0.3, -0.25) is 0 Å². The predicted molar refractivity (Wildman–Crippen MR) is 75.5 cm³/mol. The van der Waals surface area contributed by atoms with Crippen molar-refractivity contribution in [3.63, 3.8) is 0 Å². The minimum absolute atomic E-state index is 0.714. The molecule has 3 heteroatoms. The van der Waals surface area contributed by atoms with Crippen LogP contribution in [-0.4, -0.2) is 25.2 Å². The van der Waals surface area contributed by atoms with E-state index in [1.54, 1.807) is 0 Å². The fourth-order valence-electron chi connectivity index (χ4n) is 3.47. The lowest BCUT2D eigenvalue weighted by Gasteiger charge is -2.41. The monoisotopic (exact) mass is 294 g/mol. The summed E-state index contributed by atoms with van der Waals surface area (Å²) >= 11 is 3.69. The molecule has 1 N–H and O–H groups in total. The summed E-state index contributed by atoms with van der Waals surface area (Å²) in [5.41, 5.74) is 1.38. The Balaban J connectivity index is 1.89. The number of piperidine rings is 1. The van der Waals surface area contributed by atoms with Crippen LogP contribution >= 0.6 is 15.9 Å². The summed E-state index contributed by atoms with van der Waals surface area (Å²) in [7, 11) is 2.10. The fourth-order valence-corrected chi connectivity index (χ4v) is 3.96. The number of para-hydroxylation sites is 1. The standard InChI is InChI=1S/C14H19BrN2/c1-16-10-8-11-6-7-12(9-10)17(11)14-5-3-2-4-13(14)15/h2-5,10-12,16H,6-9H2,1H3. The second-order valence-corrected chi connectivity index (χ2v) is 6.06. The van der Waals surface area contributed by atoms with Crippen LogP contribution in [0.3, 0.4) is 0 Å². The molecule has 2 bridgehead atoms. The van der Waals surface area contributed by atoms with Crippen LogP contribution in [0.5, 0.6) is 0 Å². The van der Waals surface area contributed by atoms with Gasteiger partial charge in [-0.2, -0.15) is 0 Å². The van der Waals surface area contributed by atoms with Crippen LogP contribution in [0.15, 0.2) is 28.7 Å². The third kappa shape index (κ3) is 2.00. The van der Waals surface area contributed by atoms with Gasteiger partial charge in [0.05, 0.1) is 5.69 Å². The van der Waals surface area contributed by atoms with Gasteiger partial charge in [0, 0.05) is 22.6 Å². The SMILES string of the molecule is CNC1CC2CCC(C1)N2c1ccccc1Br. The molecular formula is C14H19BrN2. The minimum Gasteiger partial charge on any atom is -0.365 e. The molecule has 2 aliphatic heterocycles. The minimum atomic E-state index is 0.714. The van der Waals surface area contributed by atoms with E-state index in [-0.39, 0.29) is 0 Å². The highest BCUT2D eigenvalue weighted by atomic mass is 79.9. The number of hydrogen-bond donors (Lipinski definition) is 1. The summed E-state index contributed by atoms with van der Waals surface area (Å²) < 4.78 is 1.24. The first-order chi connectivity index (χ1) is 8.29. The molecule has 0 aromatic heterocycles. The lowest BCUT2D eigenvalue weighted by atomic mass is 9.97. The Morgan fingerprint density at radius 2 is 1.82 bits per heavy atom. The van der Waals surface area contributed by atoms with E-state index < -0.39 is 0 Å². The van der Waals surface area contributed by atoms with Gasteiger partial charge >= 0.3 is 0 Å². The van der Waals surface area contributed by atoms with Crippen LogP contribution in [0.4, 0.5) is 5.69 Å². The van der Waals surface area contributed by atoms with E-state index in [1.807, 2.05) is 0 Å². The molecule has 1 aromatic rings. The van der Waals surface area contributed by atoms with Crippen molar-refractivity contribution >= 4 is 21.6 Å². The first kappa shape index (κ1) is 11.5. The van der Waals surface area contributed by atoms with E-state index in [0.717, 1.165) is 12.1 Å². The van der Waals surface area contributed by atoms with Gasteiger partial charge in [-0.15, -0.1) is 0 Å². The molecule has 2 heterocycles. The van der Waals surface area contributed by atoms with Crippen LogP contribution in [0.25, 0.3) is 0 Å². The maximum absolute atomic E-state index is 3.69. The number of benzene rings is 1. The molecule has 0 aliphatic carbocycles. The zero-order valence-corrected chi connectivity index (χ0v) is 11.8. The molecule has 0 amide bonds. The second kappa shape index (κ2) is 4.62. The van der Waals surface area contributed by atoms with Crippen molar-refractivity contribution < 1.29 is 0 Å². The van der Waals surface area contributed by atoms with Gasteiger partial charge in [-0.1, -0.05) is 12.1 Å². The average molecular weight is 295 g/mol. The molecule has 2 aliphatic rings. The quantitative estimate of drug-likeness (QED) is 0.901. The Kier molecular flexibility index (Phi) is 3.14. The highest BCUT2D eigenvalue weighted by Gasteiger charge is 2.40. The summed E-state index contributed by atoms with van der Waals surface area (Å²) in [6.45, 7) is 0. The van der Waals surface area contributed by atoms with Gasteiger partial charge in [0.2, 0.25) is 0 Å². The predicted octanol–water partition coefficient (Wildman–Crippen LogP) is 3.17. The Morgan fingerprint density at radius 3 is 2.41 bits per heavy atom. The first-order valence-corrected chi connectivity index (χ1v) is 7.29. The van der Waals surface area contributed by atoms with Crippen LogP contribution < -0.4 is 10.2 Å². The fraction of sp³-hybridized carbons (Fsp3) is 0.571. The molecule has 2 atom stereocenters. The lowest BCUT2D eigenvalue weighted by Crippen LogP contribution is -2.48. The van der Waals surface area contributed by atoms with Crippen LogP contribution in [0, 0.1) is 0 Å². The third-order valence-corrected chi connectivity index (χ3v) is 4.94. The van der Waals surface area contributed by atoms with Crippen molar-refractivity contribution in [2.24, 2.45) is 0 Å². The molecule has 92 valence electrons. The molecule has 0 radical (unpaired) electrons. The summed E-state index contributed by atoms with van der Waals surface area (Å²) in [4.78, 5) is 2.65. The molecule has 2 saturated heterocycles. The summed E-state index contributed by atoms with van der Waals surface area (Å²) in [6.07, 6.45) is 5.27. The van der Waals surface area contributed by atoms with Crippen molar-refractivity contribution in [3.05, 3.63) is 28.7 Å². The normalized spacial score (nSPS) is 31.9. The lowest BCUT2D eigenvalue weighted by molar-refractivity contribution is 0.373. The maximum atomic E-state index is 3.69. The molecule has 17 heavy (non-hydrogen) atoms. The van der Waals surface area contributed by atoms with Crippen LogP contribution in [0.2, 0.25) is 0 Å². The Morgan fingerprint density at radius 1 is 1.18 bits per heavy atom. The summed E-state index contributed by atoms with van der Waals surface area (Å²) in [5.74, 6) is 0. The number of hydrogen-bond acceptors (Lipinski definition) is 2. The molecule has 2 nitrogen and oxygen atoms in total. The summed E-state index contributed by atoms with van der Waals surface area (Å²) in [5, 5.41) is 3.45. The van der Waals surface area contributed by atoms with Crippen LogP contribution in [0.1, 0.15) is 25.7 Å². The van der Waals surface area contributed by atoms with E-state index in [9.17, 15) is 0 Å². The van der Waals surface area contributed by atoms with Crippen LogP contribution in [-0.2, 0) is 0 Å². The molecule has 2 fully saturated rings. The molecule has 0 spiro atoms. The summed E-state index contributed by atoms with van der Waals surface area (Å²) in [6, 6.07) is 10.8. The number of rotatable bonds is 2. The zero-order chi connectivity index (χ0) is 11.8. The van der Waals surface area contributed by atoms with E-state index in [2.05, 4.69) is 57.5 Å². The molecular weight excluding hydrogens is 276 g/mol. The Labute approximate surface area is 112 Å². The highest BCUT2D eigenvalue weighted by molar-refractivity contribution is 9.10. The van der Waals surface area contributed by atoms with Crippen molar-refractivity contribution in [2.75, 3.05) is 11.9 Å². The smallest absolute Gasteiger partial charge is 0.0515 e. The Hall–Kier alpha value is -0.540. The third-order valence-electron chi connectivity index (χ3n) is 4.27. The molecule has 3 rings (SSSR count). The van der Waals surface area contributed by atoms with Gasteiger partial charge in [0.1, 0.15) is 0 Å². The van der Waals surface area contributed by atoms with Crippen molar-refractivity contribution in [2.45, 2.75) is 43.8 Å². The highest BCUT2D eigenvalue weighted by Crippen LogP contribution is 2.41. The van der Waals surface area contributed by atoms with Gasteiger partial charge < -0.3 is 10.2 Å². The Bertz CT molecular complexity index is 393. The second-order valence-electron chi connectivity index (χ2n) is 5.20. The molecule has 1 aromatic carbocycles. The topological polar surface area (TPSA) is 15.3 Å². The number of nitrogens with one attached hydrogen (secondary N) is 1. The number of halogens is 1. The number of anilines is 1. The van der Waals surface area contributed by atoms with Crippen molar-refractivity contribution in [1.82, 2.24) is 5.32 Å². The van der Waals surface area contributed by atoms with Gasteiger partial charge in [-0.25, -0.2) is 0 Å². The van der Waals surface area contributed by atoms with Gasteiger partial charge in [0.25, 0.3) is 0 Å². The van der Waals surface area contributed by atoms with Crippen molar-refractivity contribution in [3.8, 4) is 0 Å². The van der Waals surface area contributed by atoms with E-state index in [1.165, 1.54) is 35.8 Å². The van der Waals surface area contributed by atoms with E-state index >= 15 is 0 Å². The number of fused-ring (bicyclic) bond motifs is 2. The van der Waals surface area contributed by atoms with Gasteiger partial charge in [-0.05, 0) is 60.8 Å². The van der Waals surface area contributed by atoms with E-state index in [0.29, 0.717) is 6.04 Å². The van der Waals surface area contributed by atoms with E-state index in [4.69, 9.17) is 0 Å². The first-order valence-electron chi connectivity index (χ1n) is 6.49. The number of nitrogens with zero attached hydrogens (tertiary/aromatic N) is 1. The zero-order valence-electron chi connectivity index (χ0n) is 10.2. The molecule has 2 unspecified atom stereocenters.